The quantitative estimate of drug-likeness (QED) is 0.0687. The Morgan fingerprint density at radius 2 is 1.02 bits per heavy atom. The first-order valence-electron chi connectivity index (χ1n) is 27.4. The molecule has 2 amide bonds. The van der Waals surface area contributed by atoms with Gasteiger partial charge in [0.1, 0.15) is 46.0 Å². The fourth-order valence-corrected chi connectivity index (χ4v) is 11.5. The topological polar surface area (TPSA) is 277 Å². The van der Waals surface area contributed by atoms with Crippen LogP contribution in [0.15, 0.2) is 135 Å². The molecule has 0 radical (unpaired) electrons. The molecule has 28 heteroatoms. The number of sulfonamides is 2. The normalized spacial score (nSPS) is 12.1. The minimum absolute atomic E-state index is 0. The van der Waals surface area contributed by atoms with Crippen LogP contribution in [-0.4, -0.2) is 107 Å². The summed E-state index contributed by atoms with van der Waals surface area (Å²) in [5.74, 6) is -3.12. The molecule has 2 aliphatic carbocycles. The van der Waals surface area contributed by atoms with E-state index in [1.54, 1.807) is 54.6 Å². The number of hydrogen-bond donors (Lipinski definition) is 4. The van der Waals surface area contributed by atoms with Crippen LogP contribution in [0.1, 0.15) is 61.3 Å². The van der Waals surface area contributed by atoms with Gasteiger partial charge in [0, 0.05) is 104 Å². The van der Waals surface area contributed by atoms with Crippen LogP contribution in [0.25, 0.3) is 90.4 Å². The van der Waals surface area contributed by atoms with E-state index in [9.17, 15) is 48.8 Å². The molecule has 2 aliphatic rings. The number of benzene rings is 6. The molecule has 0 saturated carbocycles. The maximum absolute atomic E-state index is 14.5. The van der Waals surface area contributed by atoms with Gasteiger partial charge >= 0.3 is 41.3 Å². The first kappa shape index (κ1) is 69.9. The molecule has 0 saturated heterocycles. The average Bonchev–Trinajstić information content (AvgIpc) is 1.66. The van der Waals surface area contributed by atoms with Gasteiger partial charge in [-0.3, -0.25) is 23.0 Å². The number of carboxylic acid groups (broad SMARTS) is 1. The van der Waals surface area contributed by atoms with Gasteiger partial charge in [0.25, 0.3) is 17.8 Å². The minimum Gasteiger partial charge on any atom is -1.00 e. The van der Waals surface area contributed by atoms with Crippen molar-refractivity contribution in [3.8, 4) is 51.2 Å². The maximum Gasteiger partial charge on any atom is 1.00 e. The average molecular weight is 1430 g/mol. The second-order valence-electron chi connectivity index (χ2n) is 20.9. The Balaban J connectivity index is 0.000000222. The standard InChI is InChI=1S/C32H26F2N4O5S.C31H24F2N4O5S.C2H4O2.HI.Na/c1-35-31(39)29-23-14-22(26-15-25(36-32(37-26)42-3)19-12-18-6-5-7-24(34)21(18)13-19)27(38(2)44(4,40)41)16-28(23)43-30(29)17-8-10-20(33)11-9-17;1-34-30(38)28-22-13-21(25-14-24(35-31(39)36-25)18-11-17-5-4-6-23(33)20(17)12-18)26(37(2)43(3,40)41)15-27(22)42-29(28)16-7-9-19(32)10-8-16;1-2(3)4;;/h5-11,13-16H,12H2,1-4H3,(H,35,39);4-10,12-15H,11H2,1-3H3,(H,34,38)(H,35,36,39);1H3,(H,3,4);1H;/q;;;;+1/p-1. The molecule has 474 valence electrons. The number of nitrogens with one attached hydrogen (secondary N) is 3. The number of nitrogens with zero attached hydrogens (tertiary/aromatic N) is 5. The molecule has 6 aromatic carbocycles. The number of carbonyl (C=O) groups excluding carboxylic acids is 2. The Labute approximate surface area is 568 Å². The van der Waals surface area contributed by atoms with Crippen LogP contribution in [0.3, 0.4) is 0 Å². The molecular weight excluding hydrogens is 1370 g/mol. The zero-order valence-corrected chi connectivity index (χ0v) is 56.8. The van der Waals surface area contributed by atoms with Crippen molar-refractivity contribution < 1.29 is 121 Å². The zero-order chi connectivity index (χ0) is 65.5. The van der Waals surface area contributed by atoms with Crippen LogP contribution < -0.4 is 83.2 Å². The summed E-state index contributed by atoms with van der Waals surface area (Å²) in [5.41, 5.74) is 6.90. The summed E-state index contributed by atoms with van der Waals surface area (Å²) < 4.78 is 127. The van der Waals surface area contributed by atoms with Gasteiger partial charge in [0.15, 0.2) is 0 Å². The number of H-pyrrole nitrogens is 1. The molecule has 20 nitrogen and oxygen atoms in total. The van der Waals surface area contributed by atoms with Gasteiger partial charge in [-0.15, -0.1) is 0 Å². The molecule has 4 aromatic heterocycles. The number of carboxylic acids is 1. The van der Waals surface area contributed by atoms with E-state index in [2.05, 4.69) is 30.6 Å². The fourth-order valence-electron chi connectivity index (χ4n) is 10.4. The number of ether oxygens (including phenoxy) is 1. The second kappa shape index (κ2) is 28.1. The monoisotopic (exact) mass is 1430 g/mol. The summed E-state index contributed by atoms with van der Waals surface area (Å²) in [5, 5.41) is 13.3. The van der Waals surface area contributed by atoms with Crippen LogP contribution in [-0.2, 0) is 37.7 Å². The van der Waals surface area contributed by atoms with Crippen molar-refractivity contribution in [2.24, 2.45) is 0 Å². The molecule has 4 N–H and O–H groups in total. The number of aromatic amines is 1. The third-order valence-corrected chi connectivity index (χ3v) is 17.3. The molecule has 4 heterocycles. The number of hydrogen-bond acceptors (Lipinski definition) is 14. The van der Waals surface area contributed by atoms with Crippen molar-refractivity contribution >= 4 is 94.4 Å². The number of rotatable bonds is 13. The molecule has 0 spiro atoms. The maximum atomic E-state index is 14.5. The van der Waals surface area contributed by atoms with E-state index >= 15 is 0 Å². The smallest absolute Gasteiger partial charge is 1.00 e. The van der Waals surface area contributed by atoms with E-state index in [4.69, 9.17) is 23.5 Å². The Kier molecular flexibility index (Phi) is 21.1. The number of aliphatic carboxylic acids is 1. The van der Waals surface area contributed by atoms with Crippen molar-refractivity contribution in [3.63, 3.8) is 0 Å². The van der Waals surface area contributed by atoms with Gasteiger partial charge in [-0.25, -0.2) is 39.2 Å². The predicted molar refractivity (Wildman–Crippen MR) is 337 cm³/mol. The zero-order valence-electron chi connectivity index (χ0n) is 51.0. The summed E-state index contributed by atoms with van der Waals surface area (Å²) >= 11 is 0. The summed E-state index contributed by atoms with van der Waals surface area (Å²) in [6.07, 6.45) is 6.21. The van der Waals surface area contributed by atoms with Crippen molar-refractivity contribution in [3.05, 3.63) is 200 Å². The molecule has 12 rings (SSSR count). The Bertz CT molecular complexity index is 5000. The Morgan fingerprint density at radius 3 is 1.43 bits per heavy atom. The van der Waals surface area contributed by atoms with Crippen LogP contribution in [0, 0.1) is 23.3 Å². The molecule has 0 bridgehead atoms. The van der Waals surface area contributed by atoms with Gasteiger partial charge in [0.05, 0.1) is 64.9 Å². The van der Waals surface area contributed by atoms with Crippen LogP contribution >= 0.6 is 0 Å². The summed E-state index contributed by atoms with van der Waals surface area (Å²) in [4.78, 5) is 64.0. The molecule has 93 heavy (non-hydrogen) atoms. The third-order valence-electron chi connectivity index (χ3n) is 14.9. The van der Waals surface area contributed by atoms with Crippen molar-refractivity contribution in [2.75, 3.05) is 56.4 Å². The first-order chi connectivity index (χ1) is 43.1. The second-order valence-corrected chi connectivity index (χ2v) is 25.0. The van der Waals surface area contributed by atoms with E-state index in [0.29, 0.717) is 68.4 Å². The Hall–Kier alpha value is -9.00. The molecular formula is C65H54F4IN8NaO12S2. The van der Waals surface area contributed by atoms with E-state index in [0.717, 1.165) is 44.7 Å². The number of allylic oxidation sites excluding steroid dienone is 2. The van der Waals surface area contributed by atoms with E-state index in [1.807, 2.05) is 6.07 Å². The first-order valence-corrected chi connectivity index (χ1v) is 31.1. The van der Waals surface area contributed by atoms with Crippen LogP contribution in [0.4, 0.5) is 28.9 Å². The van der Waals surface area contributed by atoms with E-state index < -0.39 is 61.0 Å². The molecule has 0 fully saturated rings. The largest absolute Gasteiger partial charge is 1.00 e. The molecule has 0 aliphatic heterocycles. The molecule has 10 aromatic rings. The van der Waals surface area contributed by atoms with Gasteiger partial charge in [-0.2, -0.15) is 15.0 Å². The number of halogens is 5. The summed E-state index contributed by atoms with van der Waals surface area (Å²) in [6, 6.07) is 29.9. The SMILES string of the molecule is CC(=O)O.CNC(=O)c1c(-c2ccc(F)cc2)oc2cc(N(C)S(C)(=O)=O)c(-c3cc(C4=Cc5c(F)cccc5C4)nc(=O)[nH]3)cc12.CNC(=O)c1c(-c2ccc(F)cc2)oc2cc(N(C)S(C)(=O)=O)c(-c3cc(C4=Cc5c(F)cccc5C4)nc(OC)n3)cc12.[I-].[Na+]. The third kappa shape index (κ3) is 14.6. The number of methoxy groups -OCH3 is 1. The predicted octanol–water partition coefficient (Wildman–Crippen LogP) is 4.78. The number of aromatic nitrogens is 4. The molecule has 0 unspecified atom stereocenters. The van der Waals surface area contributed by atoms with Crippen molar-refractivity contribution in [1.29, 1.82) is 0 Å². The van der Waals surface area contributed by atoms with E-state index in [-0.39, 0.29) is 128 Å². The molecule has 0 atom stereocenters. The number of anilines is 2. The van der Waals surface area contributed by atoms with Gasteiger partial charge in [0.2, 0.25) is 20.0 Å². The van der Waals surface area contributed by atoms with Gasteiger partial charge in [-0.1, -0.05) is 24.3 Å². The summed E-state index contributed by atoms with van der Waals surface area (Å²) in [6.45, 7) is 1.08. The number of fused-ring (bicyclic) bond motifs is 4. The van der Waals surface area contributed by atoms with Crippen molar-refractivity contribution in [2.45, 2.75) is 19.8 Å². The van der Waals surface area contributed by atoms with E-state index in [1.165, 1.54) is 108 Å². The van der Waals surface area contributed by atoms with Crippen LogP contribution in [0.2, 0.25) is 0 Å². The minimum atomic E-state index is -3.80. The summed E-state index contributed by atoms with van der Waals surface area (Å²) in [7, 11) is -0.512. The number of furan rings is 2. The Morgan fingerprint density at radius 1 is 0.613 bits per heavy atom. The van der Waals surface area contributed by atoms with Crippen molar-refractivity contribution in [1.82, 2.24) is 30.6 Å². The number of amides is 2. The fraction of sp³-hybridized carbons (Fsp3) is 0.154. The van der Waals surface area contributed by atoms with Gasteiger partial charge < -0.3 is 58.3 Å². The van der Waals surface area contributed by atoms with Crippen LogP contribution in [0.5, 0.6) is 6.01 Å². The van der Waals surface area contributed by atoms with Gasteiger partial charge in [-0.05, 0) is 119 Å². The number of carbonyl (C=O) groups is 3.